The molecule has 3 atom stereocenters. The van der Waals surface area contributed by atoms with Crippen molar-refractivity contribution >= 4 is 36.2 Å². The van der Waals surface area contributed by atoms with Crippen molar-refractivity contribution in [2.75, 3.05) is 98.4 Å². The smallest absolute Gasteiger partial charge is 0.425 e. The van der Waals surface area contributed by atoms with Crippen LogP contribution >= 0.6 is 0 Å². The van der Waals surface area contributed by atoms with Crippen LogP contribution in [0.3, 0.4) is 0 Å². The van der Waals surface area contributed by atoms with Crippen LogP contribution in [0.2, 0.25) is 0 Å². The van der Waals surface area contributed by atoms with E-state index in [1.807, 2.05) is 14.7 Å². The SMILES string of the molecule is C.Cc1c(F)ccc(CN2CCN(C(=O)OC(C)C(F)(F)F)CC2)c1OCC1(C(=O)O)CC1.Cc1cc(F)cc(CN2CCN(C(=O)OC(C)C(F)(F)F)CC2)c1OCC1(C(=O)O)CC1.Cc1cc(F)cc(CN2CCN(C(=O)OC(C)C(F)(F)F)CC2)c1OCC1(C(=O)O)CCCC1. The van der Waals surface area contributed by atoms with Gasteiger partial charge in [0.1, 0.15) is 70.8 Å². The Morgan fingerprint density at radius 3 is 1.00 bits per heavy atom. The van der Waals surface area contributed by atoms with Gasteiger partial charge in [-0.3, -0.25) is 29.1 Å². The number of hydrogen-bond acceptors (Lipinski definition) is 15. The lowest BCUT2D eigenvalue weighted by atomic mass is 9.87. The van der Waals surface area contributed by atoms with E-state index in [0.29, 0.717) is 129 Å². The largest absolute Gasteiger partial charge is 0.492 e. The van der Waals surface area contributed by atoms with Crippen LogP contribution < -0.4 is 14.2 Å². The van der Waals surface area contributed by atoms with Gasteiger partial charge in [-0.25, -0.2) is 27.6 Å². The van der Waals surface area contributed by atoms with Crippen LogP contribution in [0.15, 0.2) is 36.4 Å². The number of carbonyl (C=O) groups excluding carboxylic acids is 3. The molecule has 3 heterocycles. The third kappa shape index (κ3) is 21.7. The Hall–Kier alpha value is -7.68. The summed E-state index contributed by atoms with van der Waals surface area (Å²) in [4.78, 5) is 80.1. The summed E-state index contributed by atoms with van der Waals surface area (Å²) in [5, 5.41) is 28.4. The summed E-state index contributed by atoms with van der Waals surface area (Å²) in [6, 6.07) is 8.20. The molecule has 6 aliphatic rings. The minimum absolute atomic E-state index is 0. The number of aliphatic carboxylic acids is 3. The molecule has 6 fully saturated rings. The molecule has 3 saturated heterocycles. The summed E-state index contributed by atoms with van der Waals surface area (Å²) in [7, 11) is 0. The number of amides is 3. The molecule has 3 aliphatic heterocycles. The van der Waals surface area contributed by atoms with E-state index in [1.165, 1.54) is 45.0 Å². The maximum atomic E-state index is 14.2. The molecule has 0 aromatic heterocycles. The number of carbonyl (C=O) groups is 6. The second-order valence-electron chi connectivity index (χ2n) is 25.9. The van der Waals surface area contributed by atoms with E-state index < -0.39 is 107 Å². The molecule has 3 saturated carbocycles. The molecule has 3 N–H and O–H groups in total. The van der Waals surface area contributed by atoms with Gasteiger partial charge in [-0.1, -0.05) is 26.3 Å². The fraction of sp³-hybridized carbons (Fsp3) is 0.636. The number of nitrogens with zero attached hydrogens (tertiary/aromatic N) is 6. The molecule has 3 amide bonds. The highest BCUT2D eigenvalue weighted by molar-refractivity contribution is 5.78. The minimum Gasteiger partial charge on any atom is -0.492 e. The van der Waals surface area contributed by atoms with Gasteiger partial charge in [-0.05, 0) is 122 Å². The Labute approximate surface area is 565 Å². The van der Waals surface area contributed by atoms with Gasteiger partial charge in [0, 0.05) is 120 Å². The van der Waals surface area contributed by atoms with Crippen molar-refractivity contribution < 1.29 is 125 Å². The highest BCUT2D eigenvalue weighted by atomic mass is 19.4. The molecule has 33 heteroatoms. The van der Waals surface area contributed by atoms with Crippen molar-refractivity contribution in [3.8, 4) is 17.2 Å². The predicted octanol–water partition coefficient (Wildman–Crippen LogP) is 12.2. The van der Waals surface area contributed by atoms with Crippen molar-refractivity contribution in [3.63, 3.8) is 0 Å². The van der Waals surface area contributed by atoms with Crippen LogP contribution in [0.4, 0.5) is 67.1 Å². The number of alkyl halides is 9. The maximum Gasteiger partial charge on any atom is 0.425 e. The second kappa shape index (κ2) is 33.2. The van der Waals surface area contributed by atoms with Crippen molar-refractivity contribution in [1.82, 2.24) is 29.4 Å². The second-order valence-corrected chi connectivity index (χ2v) is 25.9. The molecule has 3 unspecified atom stereocenters. The van der Waals surface area contributed by atoms with Gasteiger partial charge in [0.15, 0.2) is 18.3 Å². The van der Waals surface area contributed by atoms with E-state index in [1.54, 1.807) is 26.8 Å². The zero-order valence-electron chi connectivity index (χ0n) is 55.0. The van der Waals surface area contributed by atoms with Crippen LogP contribution in [0.1, 0.15) is 113 Å². The number of aryl methyl sites for hydroxylation is 2. The van der Waals surface area contributed by atoms with E-state index in [9.17, 15) is 96.8 Å². The first-order chi connectivity index (χ1) is 45.7. The van der Waals surface area contributed by atoms with Crippen molar-refractivity contribution in [2.45, 2.75) is 157 Å². The lowest BCUT2D eigenvalue weighted by molar-refractivity contribution is -0.200. The molecular formula is C66H86F12N6O15. The van der Waals surface area contributed by atoms with Gasteiger partial charge < -0.3 is 58.4 Å². The zero-order valence-corrected chi connectivity index (χ0v) is 55.0. The molecule has 3 aromatic carbocycles. The van der Waals surface area contributed by atoms with Gasteiger partial charge in [0.05, 0.1) is 0 Å². The molecule has 0 bridgehead atoms. The van der Waals surface area contributed by atoms with Gasteiger partial charge in [0.25, 0.3) is 0 Å². The number of carboxylic acids is 3. The van der Waals surface area contributed by atoms with E-state index >= 15 is 0 Å². The van der Waals surface area contributed by atoms with Gasteiger partial charge in [-0.2, -0.15) is 39.5 Å². The summed E-state index contributed by atoms with van der Waals surface area (Å²) in [5.74, 6) is -2.93. The third-order valence-corrected chi connectivity index (χ3v) is 18.5. The normalized spacial score (nSPS) is 19.3. The van der Waals surface area contributed by atoms with E-state index in [-0.39, 0.29) is 85.2 Å². The predicted molar refractivity (Wildman–Crippen MR) is 330 cm³/mol. The number of piperazine rings is 3. The Morgan fingerprint density at radius 1 is 0.434 bits per heavy atom. The number of halogens is 12. The third-order valence-electron chi connectivity index (χ3n) is 18.5. The standard InChI is InChI=1S/C23H30F4N2O5.2C21H26F4N2O5.CH4/c1-15-11-18(24)12-17(19(15)33-14-22(20(30)31)5-3-4-6-22)13-28-7-9-29(10-8-28)21(32)34-16(2)23(25,26)27;1-13-9-16(22)10-15(17(13)31-12-20(3-4-20)18(28)29)11-26-5-7-27(8-6-26)19(30)32-14(2)21(23,24)25;1-13-16(22)4-3-15(17(13)31-12-20(5-6-20)18(28)29)11-26-7-9-27(10-8-26)19(30)32-14(2)21(23,24)25;/h11-12,16H,3-10,13-14H2,1-2H3,(H,30,31);9-10,14H,3-8,11-12H2,1-2H3,(H,28,29);3-4,14H,5-12H2,1-2H3,(H,28,29);1H4. The van der Waals surface area contributed by atoms with Gasteiger partial charge in [0.2, 0.25) is 0 Å². The fourth-order valence-corrected chi connectivity index (χ4v) is 11.4. The summed E-state index contributed by atoms with van der Waals surface area (Å²) in [6.45, 7) is 11.3. The Bertz CT molecular complexity index is 3300. The van der Waals surface area contributed by atoms with Gasteiger partial charge in [-0.15, -0.1) is 0 Å². The Morgan fingerprint density at radius 2 is 0.717 bits per heavy atom. The summed E-state index contributed by atoms with van der Waals surface area (Å²) < 4.78 is 187. The quantitative estimate of drug-likeness (QED) is 0.0664. The maximum absolute atomic E-state index is 14.2. The number of rotatable bonds is 21. The molecule has 21 nitrogen and oxygen atoms in total. The summed E-state index contributed by atoms with van der Waals surface area (Å²) >= 11 is 0. The number of benzene rings is 3. The molecule has 0 radical (unpaired) electrons. The first-order valence-corrected chi connectivity index (χ1v) is 31.9. The lowest BCUT2D eigenvalue weighted by Crippen LogP contribution is -2.49. The summed E-state index contributed by atoms with van der Waals surface area (Å²) in [6.07, 6.45) is -18.7. The molecule has 99 heavy (non-hydrogen) atoms. The molecule has 3 aromatic rings. The minimum atomic E-state index is -4.62. The highest BCUT2D eigenvalue weighted by Crippen LogP contribution is 2.48. The molecule has 9 rings (SSSR count). The summed E-state index contributed by atoms with van der Waals surface area (Å²) in [5.41, 5.74) is 0.397. The van der Waals surface area contributed by atoms with Crippen LogP contribution in [-0.2, 0) is 48.2 Å². The Kier molecular flexibility index (Phi) is 26.9. The number of hydrogen-bond donors (Lipinski definition) is 3. The molecule has 0 spiro atoms. The molecule has 3 aliphatic carbocycles. The van der Waals surface area contributed by atoms with Crippen molar-refractivity contribution in [2.24, 2.45) is 16.2 Å². The monoisotopic (exact) mass is 1430 g/mol. The molecule has 554 valence electrons. The highest BCUT2D eigenvalue weighted by Gasteiger charge is 2.53. The van der Waals surface area contributed by atoms with Crippen LogP contribution in [0.25, 0.3) is 0 Å². The van der Waals surface area contributed by atoms with E-state index in [4.69, 9.17) is 14.2 Å². The van der Waals surface area contributed by atoms with E-state index in [2.05, 4.69) is 14.2 Å². The number of ether oxygens (including phenoxy) is 6. The van der Waals surface area contributed by atoms with Crippen molar-refractivity contribution in [1.29, 1.82) is 0 Å². The first kappa shape index (κ1) is 80.3. The Balaban J connectivity index is 0.000000233. The van der Waals surface area contributed by atoms with Crippen LogP contribution in [-0.4, -0.2) is 216 Å². The fourth-order valence-electron chi connectivity index (χ4n) is 11.4. The van der Waals surface area contributed by atoms with E-state index in [0.717, 1.165) is 33.6 Å². The average Bonchev–Trinajstić information content (AvgIpc) is 1.70. The van der Waals surface area contributed by atoms with Crippen LogP contribution in [0.5, 0.6) is 17.2 Å². The van der Waals surface area contributed by atoms with Crippen LogP contribution in [0, 0.1) is 54.5 Å². The molecular weight excluding hydrogens is 1340 g/mol. The van der Waals surface area contributed by atoms with Crippen molar-refractivity contribution in [3.05, 3.63) is 87.2 Å². The zero-order chi connectivity index (χ0) is 72.5. The topological polar surface area (TPSA) is 238 Å². The lowest BCUT2D eigenvalue weighted by Gasteiger charge is -2.35. The first-order valence-electron chi connectivity index (χ1n) is 31.9. The average molecular weight is 1430 g/mol. The van der Waals surface area contributed by atoms with Gasteiger partial charge >= 0.3 is 54.7 Å². The number of carboxylic acid groups (broad SMARTS) is 3.